The monoisotopic (exact) mass is 323 g/mol. The molecule has 1 spiro atoms. The fourth-order valence-electron chi connectivity index (χ4n) is 3.25. The molecule has 0 radical (unpaired) electrons. The summed E-state index contributed by atoms with van der Waals surface area (Å²) >= 11 is 1.51. The smallest absolute Gasteiger partial charge is 0.332 e. The van der Waals surface area contributed by atoms with E-state index in [0.717, 1.165) is 62.5 Å². The number of rotatable bonds is 1. The summed E-state index contributed by atoms with van der Waals surface area (Å²) in [6, 6.07) is -0.699. The summed E-state index contributed by atoms with van der Waals surface area (Å²) in [5.41, 5.74) is 8.19. The Labute approximate surface area is 133 Å². The lowest BCUT2D eigenvalue weighted by atomic mass is 9.87. The van der Waals surface area contributed by atoms with E-state index < -0.39 is 10.8 Å². The standard InChI is InChI=1S/C14H21N5O2S/c15-12(21)18-17-10-6-3-1-2-4-7-14(10)11(20)19-9-5-8-16-13(19)22-14/h1-9H2,(H3,15,18,21)/b17-10+. The van der Waals surface area contributed by atoms with Crippen molar-refractivity contribution in [3.63, 3.8) is 0 Å². The second-order valence-electron chi connectivity index (χ2n) is 5.85. The van der Waals surface area contributed by atoms with Gasteiger partial charge in [-0.2, -0.15) is 5.10 Å². The number of amides is 3. The van der Waals surface area contributed by atoms with Crippen LogP contribution in [0.3, 0.4) is 0 Å². The average Bonchev–Trinajstić information content (AvgIpc) is 2.77. The van der Waals surface area contributed by atoms with Gasteiger partial charge in [0.25, 0.3) is 5.91 Å². The molecular weight excluding hydrogens is 302 g/mol. The van der Waals surface area contributed by atoms with Crippen molar-refractivity contribution >= 4 is 34.6 Å². The molecule has 0 aromatic carbocycles. The minimum Gasteiger partial charge on any atom is -0.350 e. The van der Waals surface area contributed by atoms with Crippen molar-refractivity contribution in [2.45, 2.75) is 49.7 Å². The van der Waals surface area contributed by atoms with Crippen molar-refractivity contribution < 1.29 is 9.59 Å². The molecule has 0 aromatic heterocycles. The molecule has 120 valence electrons. The topological polar surface area (TPSA) is 100 Å². The number of carbonyl (C=O) groups is 2. The normalized spacial score (nSPS) is 30.7. The molecule has 2 heterocycles. The van der Waals surface area contributed by atoms with Crippen LogP contribution in [-0.2, 0) is 4.79 Å². The molecule has 2 fully saturated rings. The highest BCUT2D eigenvalue weighted by Gasteiger charge is 2.54. The van der Waals surface area contributed by atoms with Gasteiger partial charge in [0.1, 0.15) is 4.75 Å². The van der Waals surface area contributed by atoms with Crippen LogP contribution in [0.15, 0.2) is 10.1 Å². The fraction of sp³-hybridized carbons (Fsp3) is 0.714. The number of nitrogens with one attached hydrogen (secondary N) is 1. The summed E-state index contributed by atoms with van der Waals surface area (Å²) < 4.78 is -0.702. The quantitative estimate of drug-likeness (QED) is 0.714. The minimum absolute atomic E-state index is 0.0721. The lowest BCUT2D eigenvalue weighted by molar-refractivity contribution is -0.127. The molecule has 3 amide bonds. The predicted octanol–water partition coefficient (Wildman–Crippen LogP) is 1.44. The summed E-state index contributed by atoms with van der Waals surface area (Å²) in [6.07, 6.45) is 6.55. The molecule has 1 saturated heterocycles. The Hall–Kier alpha value is -1.57. The molecule has 8 heteroatoms. The van der Waals surface area contributed by atoms with E-state index in [1.54, 1.807) is 4.90 Å². The van der Waals surface area contributed by atoms with Gasteiger partial charge < -0.3 is 5.73 Å². The zero-order chi connectivity index (χ0) is 15.6. The van der Waals surface area contributed by atoms with Gasteiger partial charge in [-0.15, -0.1) is 0 Å². The number of urea groups is 1. The molecule has 1 saturated carbocycles. The van der Waals surface area contributed by atoms with Gasteiger partial charge in [-0.05, 0) is 25.7 Å². The Bertz CT molecular complexity index is 547. The maximum absolute atomic E-state index is 13.0. The average molecular weight is 323 g/mol. The van der Waals surface area contributed by atoms with Crippen LogP contribution in [0.4, 0.5) is 4.79 Å². The number of fused-ring (bicyclic) bond motifs is 1. The first kappa shape index (κ1) is 15.3. The number of amidine groups is 1. The molecule has 0 bridgehead atoms. The second kappa shape index (κ2) is 6.28. The van der Waals surface area contributed by atoms with Crippen LogP contribution in [0, 0.1) is 0 Å². The van der Waals surface area contributed by atoms with E-state index in [2.05, 4.69) is 15.5 Å². The lowest BCUT2D eigenvalue weighted by Crippen LogP contribution is -2.47. The summed E-state index contributed by atoms with van der Waals surface area (Å²) in [5, 5.41) is 5.01. The molecule has 0 aromatic rings. The number of aliphatic imine (C=N–C) groups is 1. The van der Waals surface area contributed by atoms with E-state index in [4.69, 9.17) is 5.73 Å². The summed E-state index contributed by atoms with van der Waals surface area (Å²) in [7, 11) is 0. The molecule has 3 N–H and O–H groups in total. The van der Waals surface area contributed by atoms with Crippen LogP contribution < -0.4 is 11.2 Å². The third kappa shape index (κ3) is 2.71. The van der Waals surface area contributed by atoms with Gasteiger partial charge in [-0.3, -0.25) is 14.7 Å². The minimum atomic E-state index is -0.702. The fourth-order valence-corrected chi connectivity index (χ4v) is 4.71. The molecule has 3 aliphatic rings. The number of nitrogens with two attached hydrogens (primary N) is 1. The third-order valence-corrected chi connectivity index (χ3v) is 5.83. The van der Waals surface area contributed by atoms with Crippen LogP contribution in [0.2, 0.25) is 0 Å². The highest BCUT2D eigenvalue weighted by Crippen LogP contribution is 2.45. The van der Waals surface area contributed by atoms with E-state index in [1.165, 1.54) is 11.8 Å². The molecular formula is C14H21N5O2S. The SMILES string of the molecule is NC(=O)N/N=C1\CCCCCCC12SC1=NCCCN1C2=O. The maximum atomic E-state index is 13.0. The van der Waals surface area contributed by atoms with Crippen LogP contribution in [0.1, 0.15) is 44.9 Å². The highest BCUT2D eigenvalue weighted by atomic mass is 32.2. The molecule has 22 heavy (non-hydrogen) atoms. The number of carbonyl (C=O) groups excluding carboxylic acids is 2. The van der Waals surface area contributed by atoms with Crippen LogP contribution >= 0.6 is 11.8 Å². The van der Waals surface area contributed by atoms with E-state index in [-0.39, 0.29) is 5.91 Å². The van der Waals surface area contributed by atoms with Crippen molar-refractivity contribution in [1.29, 1.82) is 0 Å². The zero-order valence-electron chi connectivity index (χ0n) is 12.5. The van der Waals surface area contributed by atoms with Gasteiger partial charge in [-0.25, -0.2) is 10.2 Å². The van der Waals surface area contributed by atoms with E-state index >= 15 is 0 Å². The number of thioether (sulfide) groups is 1. The van der Waals surface area contributed by atoms with Crippen LogP contribution in [0.25, 0.3) is 0 Å². The highest BCUT2D eigenvalue weighted by molar-refractivity contribution is 8.17. The van der Waals surface area contributed by atoms with Gasteiger partial charge in [0.15, 0.2) is 5.17 Å². The van der Waals surface area contributed by atoms with Crippen molar-refractivity contribution in [3.05, 3.63) is 0 Å². The van der Waals surface area contributed by atoms with E-state index in [0.29, 0.717) is 6.42 Å². The zero-order valence-corrected chi connectivity index (χ0v) is 13.3. The largest absolute Gasteiger partial charge is 0.350 e. The van der Waals surface area contributed by atoms with Gasteiger partial charge in [-0.1, -0.05) is 31.0 Å². The summed E-state index contributed by atoms with van der Waals surface area (Å²) in [5.74, 6) is 0.0721. The Balaban J connectivity index is 1.96. The lowest BCUT2D eigenvalue weighted by Gasteiger charge is -2.29. The number of hydrogen-bond acceptors (Lipinski definition) is 5. The number of hydrazone groups is 1. The van der Waals surface area contributed by atoms with Gasteiger partial charge in [0.05, 0.1) is 5.71 Å². The number of primary amides is 1. The van der Waals surface area contributed by atoms with Gasteiger partial charge in [0, 0.05) is 13.1 Å². The van der Waals surface area contributed by atoms with Gasteiger partial charge >= 0.3 is 6.03 Å². The second-order valence-corrected chi connectivity index (χ2v) is 7.12. The molecule has 1 aliphatic carbocycles. The number of nitrogens with zero attached hydrogens (tertiary/aromatic N) is 3. The number of hydrogen-bond donors (Lipinski definition) is 2. The van der Waals surface area contributed by atoms with Crippen LogP contribution in [-0.4, -0.2) is 45.6 Å². The predicted molar refractivity (Wildman–Crippen MR) is 86.8 cm³/mol. The van der Waals surface area contributed by atoms with Crippen LogP contribution in [0.5, 0.6) is 0 Å². The first-order valence-corrected chi connectivity index (χ1v) is 8.63. The Morgan fingerprint density at radius 1 is 1.32 bits per heavy atom. The van der Waals surface area contributed by atoms with Crippen molar-refractivity contribution in [2.75, 3.05) is 13.1 Å². The Morgan fingerprint density at radius 2 is 2.14 bits per heavy atom. The summed E-state index contributed by atoms with van der Waals surface area (Å²) in [6.45, 7) is 1.50. The first-order chi connectivity index (χ1) is 10.6. The van der Waals surface area contributed by atoms with Gasteiger partial charge in [0.2, 0.25) is 0 Å². The molecule has 3 rings (SSSR count). The Morgan fingerprint density at radius 3 is 2.91 bits per heavy atom. The van der Waals surface area contributed by atoms with E-state index in [1.807, 2.05) is 0 Å². The molecule has 1 unspecified atom stereocenters. The van der Waals surface area contributed by atoms with E-state index in [9.17, 15) is 9.59 Å². The first-order valence-electron chi connectivity index (χ1n) is 7.81. The molecule has 2 aliphatic heterocycles. The van der Waals surface area contributed by atoms with Crippen molar-refractivity contribution in [1.82, 2.24) is 10.3 Å². The Kier molecular flexibility index (Phi) is 4.37. The van der Waals surface area contributed by atoms with Crippen molar-refractivity contribution in [3.8, 4) is 0 Å². The third-order valence-electron chi connectivity index (χ3n) is 4.33. The molecule has 7 nitrogen and oxygen atoms in total. The molecule has 1 atom stereocenters. The summed E-state index contributed by atoms with van der Waals surface area (Å²) in [4.78, 5) is 30.3. The maximum Gasteiger partial charge on any atom is 0.332 e. The van der Waals surface area contributed by atoms with Crippen molar-refractivity contribution in [2.24, 2.45) is 15.8 Å².